The summed E-state index contributed by atoms with van der Waals surface area (Å²) in [5.41, 5.74) is 5.92. The number of hydrogen-bond acceptors (Lipinski definition) is 4. The van der Waals surface area contributed by atoms with Gasteiger partial charge in [-0.3, -0.25) is 0 Å². The van der Waals surface area contributed by atoms with Gasteiger partial charge in [0.1, 0.15) is 17.3 Å². The van der Waals surface area contributed by atoms with Crippen molar-refractivity contribution in [1.29, 1.82) is 0 Å². The standard InChI is InChI=1S/C28H26FN5/c1-19(30-18-20-6-4-3-5-7-20)31-25-13-12-24-26(21-14-16-34(2)17-15-21)27(33-28(24)32-25)22-8-10-23(29)11-9-22/h3-16,30H,1,17-18H2,2H3,(H2,31,32,33). The maximum Gasteiger partial charge on any atom is 0.140 e. The van der Waals surface area contributed by atoms with Crippen molar-refractivity contribution in [2.75, 3.05) is 18.9 Å². The molecule has 0 atom stereocenters. The van der Waals surface area contributed by atoms with Crippen LogP contribution in [0.3, 0.4) is 0 Å². The fourth-order valence-corrected chi connectivity index (χ4v) is 4.04. The monoisotopic (exact) mass is 451 g/mol. The van der Waals surface area contributed by atoms with Crippen molar-refractivity contribution in [3.05, 3.63) is 114 Å². The van der Waals surface area contributed by atoms with Gasteiger partial charge in [-0.2, -0.15) is 0 Å². The summed E-state index contributed by atoms with van der Waals surface area (Å²) in [6.45, 7) is 5.57. The van der Waals surface area contributed by atoms with Crippen LogP contribution in [-0.2, 0) is 6.54 Å². The second-order valence-corrected chi connectivity index (χ2v) is 8.33. The van der Waals surface area contributed by atoms with Gasteiger partial charge in [-0.15, -0.1) is 0 Å². The number of halogens is 1. The van der Waals surface area contributed by atoms with Crippen LogP contribution >= 0.6 is 0 Å². The molecule has 0 radical (unpaired) electrons. The lowest BCUT2D eigenvalue weighted by atomic mass is 9.97. The van der Waals surface area contributed by atoms with Crippen molar-refractivity contribution in [3.63, 3.8) is 0 Å². The molecule has 34 heavy (non-hydrogen) atoms. The van der Waals surface area contributed by atoms with Gasteiger partial charge in [0.15, 0.2) is 0 Å². The second-order valence-electron chi connectivity index (χ2n) is 8.33. The van der Waals surface area contributed by atoms with E-state index in [1.165, 1.54) is 17.7 Å². The molecule has 0 fully saturated rings. The van der Waals surface area contributed by atoms with Crippen molar-refractivity contribution in [2.45, 2.75) is 6.54 Å². The summed E-state index contributed by atoms with van der Waals surface area (Å²) in [6, 6.07) is 20.7. The topological polar surface area (TPSA) is 56.0 Å². The van der Waals surface area contributed by atoms with E-state index in [1.807, 2.05) is 31.3 Å². The lowest BCUT2D eigenvalue weighted by Crippen LogP contribution is -2.18. The molecule has 2 aromatic carbocycles. The number of pyridine rings is 1. The first kappa shape index (κ1) is 21.5. The Labute approximate surface area is 198 Å². The van der Waals surface area contributed by atoms with Crippen molar-refractivity contribution in [3.8, 4) is 11.3 Å². The number of nitrogens with one attached hydrogen (secondary N) is 3. The number of anilines is 1. The van der Waals surface area contributed by atoms with Gasteiger partial charge in [0, 0.05) is 31.1 Å². The Hall–Kier alpha value is -4.32. The number of aromatic nitrogens is 2. The number of fused-ring (bicyclic) bond motifs is 1. The number of rotatable bonds is 7. The van der Waals surface area contributed by atoms with Crippen LogP contribution in [0.1, 0.15) is 11.1 Å². The molecule has 0 bridgehead atoms. The largest absolute Gasteiger partial charge is 0.377 e. The fourth-order valence-electron chi connectivity index (χ4n) is 4.04. The average molecular weight is 452 g/mol. The molecule has 3 N–H and O–H groups in total. The predicted octanol–water partition coefficient (Wildman–Crippen LogP) is 5.88. The SMILES string of the molecule is C=C(NCc1ccccc1)Nc1ccc2c(C3=CCN(C)C=C3)c(-c3ccc(F)cc3)[nH]c2n1. The molecule has 4 aromatic rings. The number of allylic oxidation sites excluding steroid dienone is 2. The summed E-state index contributed by atoms with van der Waals surface area (Å²) in [6.07, 6.45) is 6.35. The number of nitrogens with zero attached hydrogens (tertiary/aromatic N) is 2. The van der Waals surface area contributed by atoms with Gasteiger partial charge in [0.05, 0.1) is 11.5 Å². The van der Waals surface area contributed by atoms with E-state index in [1.54, 1.807) is 12.1 Å². The first-order valence-electron chi connectivity index (χ1n) is 11.2. The molecule has 3 heterocycles. The highest BCUT2D eigenvalue weighted by Crippen LogP contribution is 2.36. The minimum Gasteiger partial charge on any atom is -0.377 e. The second kappa shape index (κ2) is 9.27. The maximum atomic E-state index is 13.6. The Balaban J connectivity index is 1.45. The fraction of sp³-hybridized carbons (Fsp3) is 0.107. The van der Waals surface area contributed by atoms with Gasteiger partial charge in [-0.05, 0) is 65.4 Å². The molecule has 5 nitrogen and oxygen atoms in total. The average Bonchev–Trinajstić information content (AvgIpc) is 3.23. The quantitative estimate of drug-likeness (QED) is 0.328. The minimum absolute atomic E-state index is 0.258. The van der Waals surface area contributed by atoms with Gasteiger partial charge in [0.25, 0.3) is 0 Å². The molecular weight excluding hydrogens is 425 g/mol. The number of benzene rings is 2. The zero-order valence-corrected chi connectivity index (χ0v) is 19.0. The number of aromatic amines is 1. The zero-order valence-electron chi connectivity index (χ0n) is 19.0. The Morgan fingerprint density at radius 1 is 1.09 bits per heavy atom. The van der Waals surface area contributed by atoms with Crippen LogP contribution in [0, 0.1) is 5.82 Å². The molecule has 6 heteroatoms. The highest BCUT2D eigenvalue weighted by atomic mass is 19.1. The Kier molecular flexibility index (Phi) is 5.87. The van der Waals surface area contributed by atoms with Crippen LogP contribution in [0.2, 0.25) is 0 Å². The molecule has 1 aliphatic rings. The Morgan fingerprint density at radius 3 is 2.62 bits per heavy atom. The van der Waals surface area contributed by atoms with Crippen molar-refractivity contribution < 1.29 is 4.39 Å². The molecule has 1 aliphatic heterocycles. The Morgan fingerprint density at radius 2 is 1.88 bits per heavy atom. The molecule has 0 aliphatic carbocycles. The summed E-state index contributed by atoms with van der Waals surface area (Å²) in [5.74, 6) is 1.09. The molecule has 2 aromatic heterocycles. The van der Waals surface area contributed by atoms with E-state index < -0.39 is 0 Å². The van der Waals surface area contributed by atoms with Crippen LogP contribution in [-0.4, -0.2) is 28.5 Å². The van der Waals surface area contributed by atoms with Gasteiger partial charge < -0.3 is 20.5 Å². The van der Waals surface area contributed by atoms with Gasteiger partial charge in [-0.1, -0.05) is 43.0 Å². The maximum absolute atomic E-state index is 13.6. The van der Waals surface area contributed by atoms with E-state index in [2.05, 4.69) is 63.6 Å². The van der Waals surface area contributed by atoms with Gasteiger partial charge in [-0.25, -0.2) is 9.37 Å². The smallest absolute Gasteiger partial charge is 0.140 e. The lowest BCUT2D eigenvalue weighted by molar-refractivity contribution is 0.506. The molecular formula is C28H26FN5. The van der Waals surface area contributed by atoms with E-state index in [4.69, 9.17) is 4.98 Å². The first-order valence-corrected chi connectivity index (χ1v) is 11.2. The number of H-pyrrole nitrogens is 1. The van der Waals surface area contributed by atoms with Crippen LogP contribution < -0.4 is 10.6 Å². The summed E-state index contributed by atoms with van der Waals surface area (Å²) in [5, 5.41) is 7.54. The molecule has 0 unspecified atom stereocenters. The van der Waals surface area contributed by atoms with E-state index in [0.717, 1.165) is 40.0 Å². The van der Waals surface area contributed by atoms with Gasteiger partial charge >= 0.3 is 0 Å². The minimum atomic E-state index is -0.258. The third kappa shape index (κ3) is 4.57. The first-order chi connectivity index (χ1) is 16.6. The Bertz CT molecular complexity index is 1380. The molecule has 0 saturated heterocycles. The predicted molar refractivity (Wildman–Crippen MR) is 137 cm³/mol. The highest BCUT2D eigenvalue weighted by Gasteiger charge is 2.18. The van der Waals surface area contributed by atoms with E-state index >= 15 is 0 Å². The summed E-state index contributed by atoms with van der Waals surface area (Å²) in [4.78, 5) is 10.4. The molecule has 5 rings (SSSR count). The van der Waals surface area contributed by atoms with Crippen molar-refractivity contribution in [1.82, 2.24) is 20.2 Å². The molecule has 0 spiro atoms. The van der Waals surface area contributed by atoms with Crippen LogP contribution in [0.5, 0.6) is 0 Å². The normalized spacial score (nSPS) is 13.1. The number of hydrogen-bond donors (Lipinski definition) is 3. The highest BCUT2D eigenvalue weighted by molar-refractivity contribution is 6.01. The summed E-state index contributed by atoms with van der Waals surface area (Å²) in [7, 11) is 2.04. The van der Waals surface area contributed by atoms with E-state index in [0.29, 0.717) is 18.2 Å². The van der Waals surface area contributed by atoms with Crippen LogP contribution in [0.15, 0.2) is 97.5 Å². The lowest BCUT2D eigenvalue weighted by Gasteiger charge is -2.18. The summed E-state index contributed by atoms with van der Waals surface area (Å²) < 4.78 is 13.6. The van der Waals surface area contributed by atoms with E-state index in [-0.39, 0.29) is 5.82 Å². The third-order valence-corrected chi connectivity index (χ3v) is 5.81. The summed E-state index contributed by atoms with van der Waals surface area (Å²) >= 11 is 0. The van der Waals surface area contributed by atoms with Gasteiger partial charge in [0.2, 0.25) is 0 Å². The zero-order chi connectivity index (χ0) is 23.5. The molecule has 0 saturated carbocycles. The van der Waals surface area contributed by atoms with Crippen molar-refractivity contribution >= 4 is 22.4 Å². The van der Waals surface area contributed by atoms with E-state index in [9.17, 15) is 4.39 Å². The van der Waals surface area contributed by atoms with Crippen LogP contribution in [0.25, 0.3) is 27.9 Å². The third-order valence-electron chi connectivity index (χ3n) is 5.81. The number of likely N-dealkylation sites (N-methyl/N-ethyl adjacent to an activating group) is 1. The van der Waals surface area contributed by atoms with Crippen LogP contribution in [0.4, 0.5) is 10.2 Å². The molecule has 170 valence electrons. The molecule has 0 amide bonds. The van der Waals surface area contributed by atoms with Crippen molar-refractivity contribution in [2.24, 2.45) is 0 Å².